The molecule has 1 aromatic carbocycles. The Morgan fingerprint density at radius 1 is 1.18 bits per heavy atom. The molecule has 0 radical (unpaired) electrons. The van der Waals surface area contributed by atoms with Crippen molar-refractivity contribution in [1.82, 2.24) is 13.1 Å². The highest BCUT2D eigenvalue weighted by Gasteiger charge is 2.21. The van der Waals surface area contributed by atoms with E-state index in [-0.39, 0.29) is 4.90 Å². The zero-order valence-corrected chi connectivity index (χ0v) is 11.3. The molecule has 0 spiro atoms. The number of fused-ring (bicyclic) bond motifs is 1. The third-order valence-corrected chi connectivity index (χ3v) is 5.17. The van der Waals surface area contributed by atoms with Crippen molar-refractivity contribution >= 4 is 32.8 Å². The minimum Gasteiger partial charge on any atom is -0.207 e. The van der Waals surface area contributed by atoms with Gasteiger partial charge in [-0.25, -0.2) is 8.42 Å². The molecule has 5 nitrogen and oxygen atoms in total. The molecule has 1 aromatic heterocycles. The quantitative estimate of drug-likeness (QED) is 0.849. The molecule has 7 heteroatoms. The van der Waals surface area contributed by atoms with Crippen molar-refractivity contribution in [3.8, 4) is 0 Å². The predicted molar refractivity (Wildman–Crippen MR) is 67.5 cm³/mol. The Balaban J connectivity index is 2.51. The highest BCUT2D eigenvalue weighted by Crippen LogP contribution is 2.20. The third-order valence-electron chi connectivity index (χ3n) is 2.57. The van der Waals surface area contributed by atoms with Gasteiger partial charge < -0.3 is 0 Å². The van der Waals surface area contributed by atoms with Crippen LogP contribution in [0.3, 0.4) is 0 Å². The lowest BCUT2D eigenvalue weighted by Gasteiger charge is -2.18. The van der Waals surface area contributed by atoms with Crippen LogP contribution in [0.15, 0.2) is 23.1 Å². The van der Waals surface area contributed by atoms with Crippen LogP contribution in [-0.2, 0) is 10.0 Å². The van der Waals surface area contributed by atoms with Crippen LogP contribution in [0.1, 0.15) is 13.8 Å². The molecule has 0 atom stereocenters. The molecule has 0 saturated carbocycles. The lowest BCUT2D eigenvalue weighted by Crippen LogP contribution is -2.30. The van der Waals surface area contributed by atoms with Gasteiger partial charge in [0, 0.05) is 13.1 Å². The van der Waals surface area contributed by atoms with Gasteiger partial charge >= 0.3 is 0 Å². The van der Waals surface area contributed by atoms with Gasteiger partial charge in [-0.1, -0.05) is 13.8 Å². The summed E-state index contributed by atoms with van der Waals surface area (Å²) in [5, 5.41) is 0. The average molecular weight is 271 g/mol. The average Bonchev–Trinajstić information content (AvgIpc) is 2.77. The fraction of sp³-hybridized carbons (Fsp3) is 0.400. The zero-order chi connectivity index (χ0) is 12.5. The highest BCUT2D eigenvalue weighted by molar-refractivity contribution is 7.89. The predicted octanol–water partition coefficient (Wildman–Crippen LogP) is 1.72. The monoisotopic (exact) mass is 271 g/mol. The maximum Gasteiger partial charge on any atom is 0.243 e. The van der Waals surface area contributed by atoms with Crippen molar-refractivity contribution in [2.24, 2.45) is 0 Å². The molecule has 0 fully saturated rings. The van der Waals surface area contributed by atoms with E-state index >= 15 is 0 Å². The molecular weight excluding hydrogens is 258 g/mol. The summed E-state index contributed by atoms with van der Waals surface area (Å²) in [6, 6.07) is 4.85. The molecule has 0 saturated heterocycles. The summed E-state index contributed by atoms with van der Waals surface area (Å²) in [5.74, 6) is 0. The summed E-state index contributed by atoms with van der Waals surface area (Å²) in [6.07, 6.45) is 0. The number of hydrogen-bond acceptors (Lipinski definition) is 5. The number of hydrogen-bond donors (Lipinski definition) is 0. The summed E-state index contributed by atoms with van der Waals surface area (Å²) >= 11 is 1.08. The van der Waals surface area contributed by atoms with E-state index in [1.54, 1.807) is 18.2 Å². The van der Waals surface area contributed by atoms with Gasteiger partial charge in [-0.3, -0.25) is 0 Å². The van der Waals surface area contributed by atoms with E-state index in [0.29, 0.717) is 18.6 Å². The maximum absolute atomic E-state index is 12.2. The zero-order valence-electron chi connectivity index (χ0n) is 9.62. The van der Waals surface area contributed by atoms with Crippen LogP contribution in [0.4, 0.5) is 0 Å². The molecule has 0 bridgehead atoms. The molecule has 0 aliphatic heterocycles. The first-order valence-corrected chi connectivity index (χ1v) is 7.49. The Kier molecular flexibility index (Phi) is 3.41. The molecule has 2 rings (SSSR count). The summed E-state index contributed by atoms with van der Waals surface area (Å²) < 4.78 is 34.0. The lowest BCUT2D eigenvalue weighted by molar-refractivity contribution is 0.445. The second-order valence-electron chi connectivity index (χ2n) is 3.50. The largest absolute Gasteiger partial charge is 0.243 e. The molecule has 1 heterocycles. The fourth-order valence-electron chi connectivity index (χ4n) is 1.63. The standard InChI is InChI=1S/C10H13N3O2S2/c1-3-13(4-2)17(14,15)8-5-6-9-10(7-8)12-16-11-9/h5-7H,3-4H2,1-2H3. The van der Waals surface area contributed by atoms with Gasteiger partial charge in [0.25, 0.3) is 0 Å². The second kappa shape index (κ2) is 4.67. The third kappa shape index (κ3) is 2.18. The van der Waals surface area contributed by atoms with Gasteiger partial charge in [0.15, 0.2) is 0 Å². The molecule has 17 heavy (non-hydrogen) atoms. The SMILES string of the molecule is CCN(CC)S(=O)(=O)c1ccc2nsnc2c1. The molecule has 0 N–H and O–H groups in total. The Bertz CT molecular complexity index is 617. The Hall–Kier alpha value is -1.05. The summed E-state index contributed by atoms with van der Waals surface area (Å²) in [4.78, 5) is 0.279. The van der Waals surface area contributed by atoms with E-state index in [1.807, 2.05) is 13.8 Å². The minimum absolute atomic E-state index is 0.279. The molecule has 92 valence electrons. The molecular formula is C10H13N3O2S2. The van der Waals surface area contributed by atoms with Crippen LogP contribution < -0.4 is 0 Å². The number of nitrogens with zero attached hydrogens (tertiary/aromatic N) is 3. The first-order chi connectivity index (χ1) is 8.09. The van der Waals surface area contributed by atoms with Crippen LogP contribution in [0.5, 0.6) is 0 Å². The second-order valence-corrected chi connectivity index (χ2v) is 5.97. The molecule has 0 unspecified atom stereocenters. The van der Waals surface area contributed by atoms with E-state index in [2.05, 4.69) is 8.75 Å². The molecule has 0 aliphatic rings. The Morgan fingerprint density at radius 3 is 2.47 bits per heavy atom. The first kappa shape index (κ1) is 12.4. The Morgan fingerprint density at radius 2 is 1.82 bits per heavy atom. The van der Waals surface area contributed by atoms with E-state index in [1.165, 1.54) is 4.31 Å². The smallest absolute Gasteiger partial charge is 0.207 e. The van der Waals surface area contributed by atoms with E-state index in [9.17, 15) is 8.42 Å². The van der Waals surface area contributed by atoms with Gasteiger partial charge in [0.2, 0.25) is 10.0 Å². The first-order valence-electron chi connectivity index (χ1n) is 5.32. The van der Waals surface area contributed by atoms with Crippen molar-refractivity contribution in [1.29, 1.82) is 0 Å². The molecule has 2 aromatic rings. The van der Waals surface area contributed by atoms with Crippen molar-refractivity contribution in [3.63, 3.8) is 0 Å². The van der Waals surface area contributed by atoms with Crippen LogP contribution in [0.25, 0.3) is 11.0 Å². The summed E-state index contributed by atoms with van der Waals surface area (Å²) in [5.41, 5.74) is 1.36. The van der Waals surface area contributed by atoms with Gasteiger partial charge in [-0.2, -0.15) is 13.1 Å². The van der Waals surface area contributed by atoms with Crippen molar-refractivity contribution in [2.45, 2.75) is 18.7 Å². The normalized spacial score (nSPS) is 12.4. The van der Waals surface area contributed by atoms with Gasteiger partial charge in [-0.15, -0.1) is 0 Å². The van der Waals surface area contributed by atoms with Crippen molar-refractivity contribution in [2.75, 3.05) is 13.1 Å². The Labute approximate surface area is 104 Å². The van der Waals surface area contributed by atoms with Crippen LogP contribution in [0.2, 0.25) is 0 Å². The van der Waals surface area contributed by atoms with Crippen molar-refractivity contribution < 1.29 is 8.42 Å². The number of benzene rings is 1. The van der Waals surface area contributed by atoms with Crippen LogP contribution >= 0.6 is 11.7 Å². The fourth-order valence-corrected chi connectivity index (χ4v) is 3.63. The van der Waals surface area contributed by atoms with E-state index in [0.717, 1.165) is 17.2 Å². The minimum atomic E-state index is -3.40. The van der Waals surface area contributed by atoms with E-state index < -0.39 is 10.0 Å². The van der Waals surface area contributed by atoms with Crippen LogP contribution in [0, 0.1) is 0 Å². The lowest BCUT2D eigenvalue weighted by atomic mass is 10.3. The molecule has 0 aliphatic carbocycles. The topological polar surface area (TPSA) is 63.2 Å². The molecule has 0 amide bonds. The maximum atomic E-state index is 12.2. The van der Waals surface area contributed by atoms with Gasteiger partial charge in [-0.05, 0) is 18.2 Å². The van der Waals surface area contributed by atoms with Crippen LogP contribution in [-0.4, -0.2) is 34.6 Å². The van der Waals surface area contributed by atoms with E-state index in [4.69, 9.17) is 0 Å². The summed E-state index contributed by atoms with van der Waals surface area (Å²) in [7, 11) is -3.40. The van der Waals surface area contributed by atoms with Gasteiger partial charge in [0.1, 0.15) is 11.0 Å². The highest BCUT2D eigenvalue weighted by atomic mass is 32.2. The number of rotatable bonds is 4. The number of sulfonamides is 1. The number of aromatic nitrogens is 2. The van der Waals surface area contributed by atoms with Crippen molar-refractivity contribution in [3.05, 3.63) is 18.2 Å². The summed E-state index contributed by atoms with van der Waals surface area (Å²) in [6.45, 7) is 4.58. The van der Waals surface area contributed by atoms with Gasteiger partial charge in [0.05, 0.1) is 16.6 Å².